The van der Waals surface area contributed by atoms with Crippen LogP contribution in [-0.4, -0.2) is 5.54 Å². The lowest BCUT2D eigenvalue weighted by Crippen LogP contribution is -2.39. The van der Waals surface area contributed by atoms with E-state index in [4.69, 9.17) is 5.73 Å². The molecular formula is C20H44IN. The van der Waals surface area contributed by atoms with Gasteiger partial charge in [0.2, 0.25) is 0 Å². The molecule has 0 radical (unpaired) electrons. The van der Waals surface area contributed by atoms with Gasteiger partial charge in [-0.05, 0) is 19.3 Å². The topological polar surface area (TPSA) is 26.0 Å². The average molecular weight is 425 g/mol. The molecule has 22 heavy (non-hydrogen) atoms. The molecule has 0 rings (SSSR count). The van der Waals surface area contributed by atoms with Crippen molar-refractivity contribution in [1.82, 2.24) is 0 Å². The van der Waals surface area contributed by atoms with Gasteiger partial charge in [0, 0.05) is 5.54 Å². The molecule has 0 saturated heterocycles. The minimum atomic E-state index is 0. The Kier molecular flexibility index (Phi) is 20.4. The Morgan fingerprint density at radius 3 is 1.09 bits per heavy atom. The molecule has 136 valence electrons. The van der Waals surface area contributed by atoms with Crippen molar-refractivity contribution in [3.63, 3.8) is 0 Å². The average Bonchev–Trinajstić information content (AvgIpc) is 2.48. The molecule has 2 N–H and O–H groups in total. The van der Waals surface area contributed by atoms with E-state index in [0.717, 1.165) is 0 Å². The van der Waals surface area contributed by atoms with Gasteiger partial charge in [-0.1, -0.05) is 104 Å². The van der Waals surface area contributed by atoms with Crippen LogP contribution in [0.5, 0.6) is 0 Å². The second kappa shape index (κ2) is 18.0. The molecule has 0 aliphatic heterocycles. The first kappa shape index (κ1) is 24.9. The van der Waals surface area contributed by atoms with E-state index in [0.29, 0.717) is 0 Å². The molecule has 0 aliphatic rings. The van der Waals surface area contributed by atoms with Crippen LogP contribution in [0.3, 0.4) is 0 Å². The van der Waals surface area contributed by atoms with Crippen LogP contribution in [0, 0.1) is 0 Å². The summed E-state index contributed by atoms with van der Waals surface area (Å²) in [6.45, 7) is 6.86. The minimum absolute atomic E-state index is 0. The molecule has 0 aliphatic carbocycles. The molecule has 0 amide bonds. The molecule has 2 heteroatoms. The number of hydrogen-bond donors (Lipinski definition) is 1. The highest BCUT2D eigenvalue weighted by atomic mass is 127. The molecule has 0 fully saturated rings. The standard InChI is InChI=1S/C20H43N.HI/c1-4-7-10-13-16-19-20(21,17-14-11-8-5-2)18-15-12-9-6-3;/h4-19,21H2,1-3H3;1H. The summed E-state index contributed by atoms with van der Waals surface area (Å²) in [5, 5.41) is 0. The molecule has 0 bridgehead atoms. The van der Waals surface area contributed by atoms with Crippen LogP contribution in [0.1, 0.15) is 124 Å². The van der Waals surface area contributed by atoms with E-state index in [-0.39, 0.29) is 29.5 Å². The van der Waals surface area contributed by atoms with Gasteiger partial charge in [-0.25, -0.2) is 0 Å². The zero-order valence-corrected chi connectivity index (χ0v) is 18.1. The largest absolute Gasteiger partial charge is 0.325 e. The number of hydrogen-bond acceptors (Lipinski definition) is 1. The second-order valence-corrected chi connectivity index (χ2v) is 7.15. The van der Waals surface area contributed by atoms with Gasteiger partial charge in [-0.3, -0.25) is 0 Å². The van der Waals surface area contributed by atoms with Crippen molar-refractivity contribution in [2.24, 2.45) is 5.73 Å². The van der Waals surface area contributed by atoms with Gasteiger partial charge in [-0.2, -0.15) is 0 Å². The molecule has 0 saturated carbocycles. The van der Waals surface area contributed by atoms with E-state index in [2.05, 4.69) is 20.8 Å². The van der Waals surface area contributed by atoms with Gasteiger partial charge < -0.3 is 5.73 Å². The summed E-state index contributed by atoms with van der Waals surface area (Å²) >= 11 is 0. The predicted molar refractivity (Wildman–Crippen MR) is 113 cm³/mol. The Bertz CT molecular complexity index is 194. The molecule has 1 nitrogen and oxygen atoms in total. The molecule has 0 unspecified atom stereocenters. The fourth-order valence-corrected chi connectivity index (χ4v) is 3.26. The maximum atomic E-state index is 6.78. The highest BCUT2D eigenvalue weighted by Gasteiger charge is 2.23. The van der Waals surface area contributed by atoms with E-state index >= 15 is 0 Å². The summed E-state index contributed by atoms with van der Waals surface area (Å²) in [6, 6.07) is 0. The lowest BCUT2D eigenvalue weighted by Gasteiger charge is -2.30. The predicted octanol–water partition coefficient (Wildman–Crippen LogP) is 7.60. The normalized spacial score (nSPS) is 11.5. The summed E-state index contributed by atoms with van der Waals surface area (Å²) in [6.07, 6.45) is 21.5. The van der Waals surface area contributed by atoms with E-state index in [1.807, 2.05) is 0 Å². The summed E-state index contributed by atoms with van der Waals surface area (Å²) in [7, 11) is 0. The monoisotopic (exact) mass is 425 g/mol. The summed E-state index contributed by atoms with van der Waals surface area (Å²) in [5.74, 6) is 0. The van der Waals surface area contributed by atoms with Crippen molar-refractivity contribution in [3.8, 4) is 0 Å². The van der Waals surface area contributed by atoms with Crippen LogP contribution >= 0.6 is 24.0 Å². The lowest BCUT2D eigenvalue weighted by atomic mass is 9.83. The smallest absolute Gasteiger partial charge is 0.0154 e. The van der Waals surface area contributed by atoms with Crippen molar-refractivity contribution >= 4 is 24.0 Å². The Labute approximate surface area is 158 Å². The highest BCUT2D eigenvalue weighted by Crippen LogP contribution is 2.26. The Morgan fingerprint density at radius 2 is 0.773 bits per heavy atom. The van der Waals surface area contributed by atoms with Crippen LogP contribution in [0.25, 0.3) is 0 Å². The zero-order valence-electron chi connectivity index (χ0n) is 15.8. The van der Waals surface area contributed by atoms with E-state index in [1.165, 1.54) is 103 Å². The third-order valence-electron chi connectivity index (χ3n) is 4.83. The number of rotatable bonds is 16. The summed E-state index contributed by atoms with van der Waals surface area (Å²) in [4.78, 5) is 0. The SMILES string of the molecule is CCCCCCCC(N)(CCCCCC)CCCCCC.I. The first-order valence-corrected chi connectivity index (χ1v) is 9.97. The molecule has 0 aromatic rings. The Morgan fingerprint density at radius 1 is 0.500 bits per heavy atom. The minimum Gasteiger partial charge on any atom is -0.325 e. The molecular weight excluding hydrogens is 381 g/mol. The maximum absolute atomic E-state index is 6.78. The highest BCUT2D eigenvalue weighted by molar-refractivity contribution is 14.0. The van der Waals surface area contributed by atoms with Crippen LogP contribution < -0.4 is 5.73 Å². The molecule has 0 atom stereocenters. The zero-order chi connectivity index (χ0) is 15.8. The maximum Gasteiger partial charge on any atom is 0.0154 e. The van der Waals surface area contributed by atoms with Crippen LogP contribution in [0.4, 0.5) is 0 Å². The molecule has 0 heterocycles. The first-order chi connectivity index (χ1) is 10.2. The van der Waals surface area contributed by atoms with Crippen LogP contribution in [-0.2, 0) is 0 Å². The second-order valence-electron chi connectivity index (χ2n) is 7.15. The lowest BCUT2D eigenvalue weighted by molar-refractivity contribution is 0.303. The third-order valence-corrected chi connectivity index (χ3v) is 4.83. The first-order valence-electron chi connectivity index (χ1n) is 9.97. The van der Waals surface area contributed by atoms with Crippen molar-refractivity contribution in [2.45, 2.75) is 129 Å². The van der Waals surface area contributed by atoms with Crippen molar-refractivity contribution in [3.05, 3.63) is 0 Å². The van der Waals surface area contributed by atoms with Crippen molar-refractivity contribution in [2.75, 3.05) is 0 Å². The van der Waals surface area contributed by atoms with E-state index in [1.54, 1.807) is 0 Å². The van der Waals surface area contributed by atoms with Gasteiger partial charge in [-0.15, -0.1) is 24.0 Å². The van der Waals surface area contributed by atoms with Gasteiger partial charge in [0.15, 0.2) is 0 Å². The quantitative estimate of drug-likeness (QED) is 0.200. The van der Waals surface area contributed by atoms with E-state index in [9.17, 15) is 0 Å². The van der Waals surface area contributed by atoms with Gasteiger partial charge >= 0.3 is 0 Å². The molecule has 0 aromatic carbocycles. The third kappa shape index (κ3) is 15.6. The van der Waals surface area contributed by atoms with Crippen molar-refractivity contribution < 1.29 is 0 Å². The van der Waals surface area contributed by atoms with Crippen LogP contribution in [0.2, 0.25) is 0 Å². The fraction of sp³-hybridized carbons (Fsp3) is 1.00. The molecule has 0 aromatic heterocycles. The number of halogens is 1. The van der Waals surface area contributed by atoms with E-state index < -0.39 is 0 Å². The van der Waals surface area contributed by atoms with Gasteiger partial charge in [0.05, 0.1) is 0 Å². The van der Waals surface area contributed by atoms with Crippen molar-refractivity contribution in [1.29, 1.82) is 0 Å². The molecule has 0 spiro atoms. The summed E-state index contributed by atoms with van der Waals surface area (Å²) in [5.41, 5.74) is 6.92. The number of nitrogens with two attached hydrogens (primary N) is 1. The van der Waals surface area contributed by atoms with Crippen LogP contribution in [0.15, 0.2) is 0 Å². The fourth-order valence-electron chi connectivity index (χ4n) is 3.26. The number of unbranched alkanes of at least 4 members (excludes halogenated alkanes) is 10. The Hall–Kier alpha value is 0.690. The van der Waals surface area contributed by atoms with Gasteiger partial charge in [0.25, 0.3) is 0 Å². The summed E-state index contributed by atoms with van der Waals surface area (Å²) < 4.78 is 0. The van der Waals surface area contributed by atoms with Gasteiger partial charge in [0.1, 0.15) is 0 Å². The Balaban J connectivity index is 0.